The molecule has 0 saturated carbocycles. The summed E-state index contributed by atoms with van der Waals surface area (Å²) >= 11 is 0. The van der Waals surface area contributed by atoms with E-state index in [1.165, 1.54) is 25.3 Å². The van der Waals surface area contributed by atoms with Crippen molar-refractivity contribution in [2.75, 3.05) is 12.4 Å². The molecule has 0 fully saturated rings. The van der Waals surface area contributed by atoms with Crippen molar-refractivity contribution in [1.82, 2.24) is 0 Å². The number of methoxy groups -OCH3 is 1. The van der Waals surface area contributed by atoms with Gasteiger partial charge in [0.1, 0.15) is 5.69 Å². The molecular weight excluding hydrogens is 296 g/mol. The van der Waals surface area contributed by atoms with Crippen LogP contribution in [0.5, 0.6) is 0 Å². The summed E-state index contributed by atoms with van der Waals surface area (Å²) in [7, 11) is 1.27. The van der Waals surface area contributed by atoms with E-state index < -0.39 is 10.9 Å². The van der Waals surface area contributed by atoms with Gasteiger partial charge in [0.2, 0.25) is 0 Å². The molecular formula is C17H16N2O4. The van der Waals surface area contributed by atoms with Crippen LogP contribution in [0.1, 0.15) is 11.1 Å². The Balaban J connectivity index is 2.18. The minimum Gasteiger partial charge on any atom is -0.466 e. The maximum absolute atomic E-state index is 11.2. The molecule has 0 aromatic heterocycles. The van der Waals surface area contributed by atoms with Crippen molar-refractivity contribution in [1.29, 1.82) is 0 Å². The number of nitro groups is 1. The zero-order chi connectivity index (χ0) is 16.7. The van der Waals surface area contributed by atoms with Gasteiger partial charge in [-0.2, -0.15) is 0 Å². The summed E-state index contributed by atoms with van der Waals surface area (Å²) in [6, 6.07) is 14.3. The number of carbonyl (C=O) groups is 1. The largest absolute Gasteiger partial charge is 0.466 e. The molecule has 0 amide bonds. The van der Waals surface area contributed by atoms with Crippen molar-refractivity contribution in [2.24, 2.45) is 0 Å². The van der Waals surface area contributed by atoms with Gasteiger partial charge in [0.25, 0.3) is 5.69 Å². The third-order valence-corrected chi connectivity index (χ3v) is 3.16. The van der Waals surface area contributed by atoms with Gasteiger partial charge in [-0.1, -0.05) is 36.4 Å². The molecule has 0 aliphatic heterocycles. The number of nitrogens with one attached hydrogen (secondary N) is 1. The Kier molecular flexibility index (Phi) is 5.46. The highest BCUT2D eigenvalue weighted by atomic mass is 16.6. The molecule has 2 rings (SSSR count). The second kappa shape index (κ2) is 7.74. The van der Waals surface area contributed by atoms with Crippen LogP contribution in [0.3, 0.4) is 0 Å². The topological polar surface area (TPSA) is 81.5 Å². The number of nitrogens with zero attached hydrogens (tertiary/aromatic N) is 1. The lowest BCUT2D eigenvalue weighted by Crippen LogP contribution is -2.02. The fourth-order valence-electron chi connectivity index (χ4n) is 1.98. The fraction of sp³-hybridized carbons (Fsp3) is 0.118. The summed E-state index contributed by atoms with van der Waals surface area (Å²) in [5.74, 6) is -0.515. The number of benzene rings is 2. The molecule has 0 spiro atoms. The number of rotatable bonds is 6. The number of hydrogen-bond donors (Lipinski definition) is 1. The van der Waals surface area contributed by atoms with Gasteiger partial charge in [-0.3, -0.25) is 10.1 Å². The lowest BCUT2D eigenvalue weighted by Gasteiger charge is -2.08. The second-order valence-corrected chi connectivity index (χ2v) is 4.73. The van der Waals surface area contributed by atoms with Crippen molar-refractivity contribution in [3.63, 3.8) is 0 Å². The predicted octanol–water partition coefficient (Wildman–Crippen LogP) is 3.39. The summed E-state index contributed by atoms with van der Waals surface area (Å²) in [5, 5.41) is 14.3. The van der Waals surface area contributed by atoms with Crippen molar-refractivity contribution >= 4 is 23.4 Å². The normalized spacial score (nSPS) is 10.5. The Morgan fingerprint density at radius 2 is 2.00 bits per heavy atom. The molecule has 0 atom stereocenters. The van der Waals surface area contributed by atoms with Gasteiger partial charge in [-0.25, -0.2) is 4.79 Å². The quantitative estimate of drug-likeness (QED) is 0.383. The first-order valence-corrected chi connectivity index (χ1v) is 6.92. The summed E-state index contributed by atoms with van der Waals surface area (Å²) in [5.41, 5.74) is 1.95. The Morgan fingerprint density at radius 3 is 2.65 bits per heavy atom. The molecule has 6 heteroatoms. The van der Waals surface area contributed by atoms with Gasteiger partial charge in [0.05, 0.1) is 12.0 Å². The van der Waals surface area contributed by atoms with Crippen LogP contribution >= 0.6 is 0 Å². The number of hydrogen-bond acceptors (Lipinski definition) is 5. The lowest BCUT2D eigenvalue weighted by atomic mass is 10.1. The van der Waals surface area contributed by atoms with Crippen molar-refractivity contribution < 1.29 is 14.5 Å². The van der Waals surface area contributed by atoms with Crippen LogP contribution < -0.4 is 5.32 Å². The van der Waals surface area contributed by atoms with Crippen LogP contribution in [0.2, 0.25) is 0 Å². The van der Waals surface area contributed by atoms with Crippen molar-refractivity contribution in [2.45, 2.75) is 6.54 Å². The molecule has 0 aliphatic carbocycles. The summed E-state index contributed by atoms with van der Waals surface area (Å²) < 4.78 is 4.49. The standard InChI is InChI=1S/C17H16N2O4/c1-23-17(20)10-8-13-7-9-15(16(11-13)19(21)22)18-12-14-5-3-2-4-6-14/h2-11,18H,12H2,1H3/b10-8+. The van der Waals surface area contributed by atoms with Gasteiger partial charge in [0, 0.05) is 18.7 Å². The Morgan fingerprint density at radius 1 is 1.26 bits per heavy atom. The van der Waals surface area contributed by atoms with Crippen LogP contribution in [-0.2, 0) is 16.1 Å². The summed E-state index contributed by atoms with van der Waals surface area (Å²) in [4.78, 5) is 21.8. The molecule has 2 aromatic carbocycles. The van der Waals surface area contributed by atoms with E-state index in [4.69, 9.17) is 0 Å². The Hall–Kier alpha value is -3.15. The lowest BCUT2D eigenvalue weighted by molar-refractivity contribution is -0.384. The van der Waals surface area contributed by atoms with Crippen LogP contribution in [0.4, 0.5) is 11.4 Å². The molecule has 0 saturated heterocycles. The first-order valence-electron chi connectivity index (χ1n) is 6.92. The number of anilines is 1. The SMILES string of the molecule is COC(=O)/C=C/c1ccc(NCc2ccccc2)c([N+](=O)[O-])c1. The monoisotopic (exact) mass is 312 g/mol. The molecule has 0 bridgehead atoms. The summed E-state index contributed by atoms with van der Waals surface area (Å²) in [6.07, 6.45) is 2.69. The maximum atomic E-state index is 11.2. The highest BCUT2D eigenvalue weighted by Crippen LogP contribution is 2.26. The molecule has 0 heterocycles. The van der Waals surface area contributed by atoms with Gasteiger partial charge in [-0.05, 0) is 23.3 Å². The minimum atomic E-state index is -0.515. The Bertz CT molecular complexity index is 727. The number of ether oxygens (including phenoxy) is 1. The van der Waals surface area contributed by atoms with Crippen molar-refractivity contribution in [3.05, 3.63) is 75.8 Å². The van der Waals surface area contributed by atoms with E-state index in [1.807, 2.05) is 30.3 Å². The molecule has 2 aromatic rings. The number of carbonyl (C=O) groups excluding carboxylic acids is 1. The van der Waals surface area contributed by atoms with Gasteiger partial charge in [0.15, 0.2) is 0 Å². The van der Waals surface area contributed by atoms with Crippen LogP contribution in [-0.4, -0.2) is 18.0 Å². The average Bonchev–Trinajstić information content (AvgIpc) is 2.58. The average molecular weight is 312 g/mol. The zero-order valence-corrected chi connectivity index (χ0v) is 12.6. The maximum Gasteiger partial charge on any atom is 0.330 e. The van der Waals surface area contributed by atoms with E-state index in [1.54, 1.807) is 12.1 Å². The fourth-order valence-corrected chi connectivity index (χ4v) is 1.98. The molecule has 23 heavy (non-hydrogen) atoms. The van der Waals surface area contributed by atoms with E-state index >= 15 is 0 Å². The van der Waals surface area contributed by atoms with E-state index in [9.17, 15) is 14.9 Å². The smallest absolute Gasteiger partial charge is 0.330 e. The molecule has 118 valence electrons. The molecule has 1 N–H and O–H groups in total. The first kappa shape index (κ1) is 16.2. The third-order valence-electron chi connectivity index (χ3n) is 3.16. The highest BCUT2D eigenvalue weighted by Gasteiger charge is 2.13. The first-order chi connectivity index (χ1) is 11.1. The second-order valence-electron chi connectivity index (χ2n) is 4.73. The van der Waals surface area contributed by atoms with Crippen LogP contribution in [0.25, 0.3) is 6.08 Å². The molecule has 0 radical (unpaired) electrons. The molecule has 6 nitrogen and oxygen atoms in total. The van der Waals surface area contributed by atoms with Crippen molar-refractivity contribution in [3.8, 4) is 0 Å². The van der Waals surface area contributed by atoms with Gasteiger partial charge in [-0.15, -0.1) is 0 Å². The van der Waals surface area contributed by atoms with Crippen LogP contribution in [0, 0.1) is 10.1 Å². The zero-order valence-electron chi connectivity index (χ0n) is 12.6. The molecule has 0 unspecified atom stereocenters. The van der Waals surface area contributed by atoms with Gasteiger partial charge < -0.3 is 10.1 Å². The number of esters is 1. The highest BCUT2D eigenvalue weighted by molar-refractivity contribution is 5.87. The van der Waals surface area contributed by atoms with E-state index in [-0.39, 0.29) is 5.69 Å². The predicted molar refractivity (Wildman–Crippen MR) is 87.9 cm³/mol. The number of nitro benzene ring substituents is 1. The van der Waals surface area contributed by atoms with Gasteiger partial charge >= 0.3 is 5.97 Å². The Labute approximate surface area is 133 Å². The minimum absolute atomic E-state index is 0.0482. The van der Waals surface area contributed by atoms with E-state index in [2.05, 4.69) is 10.1 Å². The van der Waals surface area contributed by atoms with Crippen LogP contribution in [0.15, 0.2) is 54.6 Å². The third kappa shape index (κ3) is 4.67. The van der Waals surface area contributed by atoms with E-state index in [0.29, 0.717) is 17.8 Å². The van der Waals surface area contributed by atoms with E-state index in [0.717, 1.165) is 5.56 Å². The summed E-state index contributed by atoms with van der Waals surface area (Å²) in [6.45, 7) is 0.485. The molecule has 0 aliphatic rings.